The molecular formula is C6H9N3O2. The van der Waals surface area contributed by atoms with Crippen LogP contribution in [0.2, 0.25) is 0 Å². The van der Waals surface area contributed by atoms with E-state index in [2.05, 4.69) is 10.3 Å². The Morgan fingerprint density at radius 1 is 1.82 bits per heavy atom. The molecule has 0 aliphatic heterocycles. The van der Waals surface area contributed by atoms with Crippen molar-refractivity contribution in [2.75, 3.05) is 12.4 Å². The van der Waals surface area contributed by atoms with Crippen LogP contribution in [-0.4, -0.2) is 27.7 Å². The van der Waals surface area contributed by atoms with E-state index in [9.17, 15) is 4.79 Å². The van der Waals surface area contributed by atoms with Crippen molar-refractivity contribution in [2.24, 2.45) is 7.05 Å². The van der Waals surface area contributed by atoms with Crippen LogP contribution in [0.25, 0.3) is 0 Å². The summed E-state index contributed by atoms with van der Waals surface area (Å²) in [4.78, 5) is 14.2. The first-order valence-corrected chi connectivity index (χ1v) is 3.09. The van der Waals surface area contributed by atoms with Crippen LogP contribution in [0.5, 0.6) is 0 Å². The second-order valence-electron chi connectivity index (χ2n) is 2.12. The van der Waals surface area contributed by atoms with E-state index >= 15 is 0 Å². The van der Waals surface area contributed by atoms with Crippen molar-refractivity contribution in [3.63, 3.8) is 0 Å². The maximum Gasteiger partial charge on any atom is 0.356 e. The topological polar surface area (TPSA) is 67.2 Å². The van der Waals surface area contributed by atoms with Gasteiger partial charge in [0.2, 0.25) is 5.95 Å². The van der Waals surface area contributed by atoms with E-state index in [0.29, 0.717) is 5.95 Å². The third kappa shape index (κ3) is 1.31. The third-order valence-corrected chi connectivity index (χ3v) is 1.32. The Hall–Kier alpha value is -1.52. The number of carboxylic acid groups (broad SMARTS) is 1. The standard InChI is InChI=1S/C6H9N3O2/c1-7-6-8-4(5(10)11)3-9(6)2/h3H,1-2H3,(H,7,8)(H,10,11). The zero-order valence-electron chi connectivity index (χ0n) is 6.33. The predicted octanol–water partition coefficient (Wildman–Crippen LogP) is 0.160. The van der Waals surface area contributed by atoms with Crippen LogP contribution >= 0.6 is 0 Å². The lowest BCUT2D eigenvalue weighted by Crippen LogP contribution is -1.97. The van der Waals surface area contributed by atoms with Crippen molar-refractivity contribution in [1.82, 2.24) is 9.55 Å². The SMILES string of the molecule is CNc1nc(C(=O)O)cn1C. The number of aromatic carboxylic acids is 1. The van der Waals surface area contributed by atoms with Gasteiger partial charge in [0.15, 0.2) is 5.69 Å². The van der Waals surface area contributed by atoms with Gasteiger partial charge < -0.3 is 15.0 Å². The molecule has 5 heteroatoms. The number of rotatable bonds is 2. The average molecular weight is 155 g/mol. The van der Waals surface area contributed by atoms with E-state index < -0.39 is 5.97 Å². The Labute approximate surface area is 63.7 Å². The number of nitrogens with one attached hydrogen (secondary N) is 1. The Morgan fingerprint density at radius 3 is 2.73 bits per heavy atom. The highest BCUT2D eigenvalue weighted by molar-refractivity contribution is 5.85. The molecule has 0 aromatic carbocycles. The monoisotopic (exact) mass is 155 g/mol. The molecule has 11 heavy (non-hydrogen) atoms. The van der Waals surface area contributed by atoms with Gasteiger partial charge in [-0.3, -0.25) is 0 Å². The van der Waals surface area contributed by atoms with Gasteiger partial charge in [-0.05, 0) is 0 Å². The molecule has 0 radical (unpaired) electrons. The predicted molar refractivity (Wildman–Crippen MR) is 39.7 cm³/mol. The van der Waals surface area contributed by atoms with Crippen molar-refractivity contribution in [2.45, 2.75) is 0 Å². The number of hydrogen-bond acceptors (Lipinski definition) is 3. The van der Waals surface area contributed by atoms with Gasteiger partial charge in [0, 0.05) is 20.3 Å². The molecule has 0 unspecified atom stereocenters. The molecule has 1 aromatic rings. The van der Waals surface area contributed by atoms with E-state index in [1.165, 1.54) is 6.20 Å². The van der Waals surface area contributed by atoms with Crippen molar-refractivity contribution >= 4 is 11.9 Å². The molecule has 1 aromatic heterocycles. The molecule has 0 spiro atoms. The molecule has 1 rings (SSSR count). The van der Waals surface area contributed by atoms with Gasteiger partial charge in [-0.1, -0.05) is 0 Å². The van der Waals surface area contributed by atoms with E-state index in [0.717, 1.165) is 0 Å². The second kappa shape index (κ2) is 2.61. The van der Waals surface area contributed by atoms with Crippen molar-refractivity contribution < 1.29 is 9.90 Å². The second-order valence-corrected chi connectivity index (χ2v) is 2.12. The Balaban J connectivity index is 3.05. The van der Waals surface area contributed by atoms with Crippen LogP contribution in [-0.2, 0) is 7.05 Å². The first kappa shape index (κ1) is 7.59. The summed E-state index contributed by atoms with van der Waals surface area (Å²) in [5.41, 5.74) is 0.0526. The molecule has 2 N–H and O–H groups in total. The summed E-state index contributed by atoms with van der Waals surface area (Å²) in [5, 5.41) is 11.3. The maximum atomic E-state index is 10.4. The minimum absolute atomic E-state index is 0.0526. The summed E-state index contributed by atoms with van der Waals surface area (Å²) in [6, 6.07) is 0. The van der Waals surface area contributed by atoms with Crippen molar-refractivity contribution in [3.05, 3.63) is 11.9 Å². The zero-order valence-corrected chi connectivity index (χ0v) is 6.33. The number of carbonyl (C=O) groups is 1. The highest BCUT2D eigenvalue weighted by Gasteiger charge is 2.08. The maximum absolute atomic E-state index is 10.4. The molecule has 0 aliphatic rings. The molecule has 0 atom stereocenters. The zero-order chi connectivity index (χ0) is 8.43. The number of anilines is 1. The van der Waals surface area contributed by atoms with Crippen molar-refractivity contribution in [1.29, 1.82) is 0 Å². The Morgan fingerprint density at radius 2 is 2.45 bits per heavy atom. The van der Waals surface area contributed by atoms with Gasteiger partial charge in [-0.25, -0.2) is 9.78 Å². The minimum atomic E-state index is -1.01. The lowest BCUT2D eigenvalue weighted by molar-refractivity contribution is 0.0691. The molecular weight excluding hydrogens is 146 g/mol. The molecule has 0 amide bonds. The number of carboxylic acids is 1. The van der Waals surface area contributed by atoms with Crippen LogP contribution in [0, 0.1) is 0 Å². The summed E-state index contributed by atoms with van der Waals surface area (Å²) < 4.78 is 1.61. The van der Waals surface area contributed by atoms with E-state index in [-0.39, 0.29) is 5.69 Å². The van der Waals surface area contributed by atoms with E-state index in [1.54, 1.807) is 18.7 Å². The number of imidazole rings is 1. The molecule has 0 saturated carbocycles. The molecule has 1 heterocycles. The fourth-order valence-corrected chi connectivity index (χ4v) is 0.802. The molecule has 0 aliphatic carbocycles. The fraction of sp³-hybridized carbons (Fsp3) is 0.333. The summed E-state index contributed by atoms with van der Waals surface area (Å²) in [5.74, 6) is -0.468. The van der Waals surface area contributed by atoms with Gasteiger partial charge in [-0.2, -0.15) is 0 Å². The van der Waals surface area contributed by atoms with Crippen LogP contribution < -0.4 is 5.32 Å². The Bertz CT molecular complexity index is 279. The van der Waals surface area contributed by atoms with Gasteiger partial charge >= 0.3 is 5.97 Å². The summed E-state index contributed by atoms with van der Waals surface area (Å²) in [6.07, 6.45) is 1.45. The normalized spacial score (nSPS) is 9.64. The number of hydrogen-bond donors (Lipinski definition) is 2. The molecule has 0 bridgehead atoms. The van der Waals surface area contributed by atoms with Gasteiger partial charge in [0.1, 0.15) is 0 Å². The molecule has 5 nitrogen and oxygen atoms in total. The third-order valence-electron chi connectivity index (χ3n) is 1.32. The number of aromatic nitrogens is 2. The summed E-state index contributed by atoms with van der Waals surface area (Å²) in [7, 11) is 3.42. The minimum Gasteiger partial charge on any atom is -0.476 e. The highest BCUT2D eigenvalue weighted by Crippen LogP contribution is 2.04. The van der Waals surface area contributed by atoms with E-state index in [1.807, 2.05) is 0 Å². The smallest absolute Gasteiger partial charge is 0.356 e. The first-order valence-electron chi connectivity index (χ1n) is 3.09. The quantitative estimate of drug-likeness (QED) is 0.638. The van der Waals surface area contributed by atoms with Crippen molar-refractivity contribution in [3.8, 4) is 0 Å². The Kier molecular flexibility index (Phi) is 1.80. The van der Waals surface area contributed by atoms with Gasteiger partial charge in [0.25, 0.3) is 0 Å². The largest absolute Gasteiger partial charge is 0.476 e. The number of aryl methyl sites for hydroxylation is 1. The molecule has 60 valence electrons. The lowest BCUT2D eigenvalue weighted by Gasteiger charge is -1.95. The summed E-state index contributed by atoms with van der Waals surface area (Å²) >= 11 is 0. The average Bonchev–Trinajstić information content (AvgIpc) is 2.31. The van der Waals surface area contributed by atoms with Crippen LogP contribution in [0.3, 0.4) is 0 Å². The van der Waals surface area contributed by atoms with Crippen LogP contribution in [0.4, 0.5) is 5.95 Å². The lowest BCUT2D eigenvalue weighted by atomic mass is 10.5. The first-order chi connectivity index (χ1) is 5.15. The van der Waals surface area contributed by atoms with Crippen LogP contribution in [0.1, 0.15) is 10.5 Å². The fourth-order valence-electron chi connectivity index (χ4n) is 0.802. The van der Waals surface area contributed by atoms with Gasteiger partial charge in [-0.15, -0.1) is 0 Å². The van der Waals surface area contributed by atoms with Crippen LogP contribution in [0.15, 0.2) is 6.20 Å². The number of nitrogens with zero attached hydrogens (tertiary/aromatic N) is 2. The van der Waals surface area contributed by atoms with Gasteiger partial charge in [0.05, 0.1) is 0 Å². The highest BCUT2D eigenvalue weighted by atomic mass is 16.4. The summed E-state index contributed by atoms with van der Waals surface area (Å²) in [6.45, 7) is 0. The molecule has 0 saturated heterocycles. The van der Waals surface area contributed by atoms with E-state index in [4.69, 9.17) is 5.11 Å². The molecule has 0 fully saturated rings.